The normalized spacial score (nSPS) is 12.3. The highest BCUT2D eigenvalue weighted by Crippen LogP contribution is 2.35. The van der Waals surface area contributed by atoms with Crippen molar-refractivity contribution >= 4 is 0 Å². The van der Waals surface area contributed by atoms with Crippen LogP contribution >= 0.6 is 0 Å². The Balaban J connectivity index is 3.01. The van der Waals surface area contributed by atoms with Gasteiger partial charge in [0.15, 0.2) is 0 Å². The molecule has 0 unspecified atom stereocenters. The molecular formula is C8H3F6N3O. The quantitative estimate of drug-likeness (QED) is 0.774. The number of aromatic nitrogens is 2. The highest BCUT2D eigenvalue weighted by Gasteiger charge is 2.59. The van der Waals surface area contributed by atoms with Gasteiger partial charge in [-0.05, 0) is 6.07 Å². The molecule has 4 nitrogen and oxygen atoms in total. The number of nitriles is 1. The van der Waals surface area contributed by atoms with Crippen molar-refractivity contribution in [2.45, 2.75) is 18.5 Å². The van der Waals surface area contributed by atoms with E-state index in [1.165, 1.54) is 6.07 Å². The minimum absolute atomic E-state index is 0.414. The lowest BCUT2D eigenvalue weighted by molar-refractivity contribution is -0.301. The standard InChI is InChI=1S/C8H3F6N3O/c9-7(10,11)5(8(12,13)14)18-6-16-2-1-4(3-15)17-6/h1-2,5H. The third-order valence-electron chi connectivity index (χ3n) is 1.57. The van der Waals surface area contributed by atoms with Crippen LogP contribution in [0.5, 0.6) is 6.01 Å². The van der Waals surface area contributed by atoms with E-state index in [0.29, 0.717) is 0 Å². The Hall–Kier alpha value is -2.05. The van der Waals surface area contributed by atoms with Crippen LogP contribution in [0, 0.1) is 11.3 Å². The van der Waals surface area contributed by atoms with E-state index in [1.807, 2.05) is 0 Å². The minimum Gasteiger partial charge on any atom is -0.440 e. The summed E-state index contributed by atoms with van der Waals surface area (Å²) in [4.78, 5) is 6.13. The Morgan fingerprint density at radius 3 is 2.17 bits per heavy atom. The van der Waals surface area contributed by atoms with Gasteiger partial charge in [0, 0.05) is 6.20 Å². The average Bonchev–Trinajstić information content (AvgIpc) is 2.23. The van der Waals surface area contributed by atoms with Gasteiger partial charge >= 0.3 is 18.4 Å². The zero-order chi connectivity index (χ0) is 14.0. The molecule has 0 fully saturated rings. The molecule has 1 heterocycles. The molecule has 0 atom stereocenters. The van der Waals surface area contributed by atoms with Crippen molar-refractivity contribution in [3.8, 4) is 12.1 Å². The van der Waals surface area contributed by atoms with Gasteiger partial charge in [-0.1, -0.05) is 0 Å². The molecule has 0 aliphatic heterocycles. The summed E-state index contributed by atoms with van der Waals surface area (Å²) < 4.78 is 76.4. The van der Waals surface area contributed by atoms with E-state index < -0.39 is 30.2 Å². The lowest BCUT2D eigenvalue weighted by atomic mass is 10.3. The molecule has 0 N–H and O–H groups in total. The van der Waals surface area contributed by atoms with Gasteiger partial charge in [-0.3, -0.25) is 0 Å². The van der Waals surface area contributed by atoms with Crippen LogP contribution in [0.3, 0.4) is 0 Å². The molecule has 0 spiro atoms. The second-order valence-electron chi connectivity index (χ2n) is 2.92. The van der Waals surface area contributed by atoms with Gasteiger partial charge in [0.25, 0.3) is 6.10 Å². The summed E-state index contributed by atoms with van der Waals surface area (Å²) in [7, 11) is 0. The first-order valence-corrected chi connectivity index (χ1v) is 4.18. The van der Waals surface area contributed by atoms with Gasteiger partial charge in [0.2, 0.25) is 0 Å². The number of hydrogen-bond donors (Lipinski definition) is 0. The number of alkyl halides is 6. The van der Waals surface area contributed by atoms with E-state index in [0.717, 1.165) is 12.3 Å². The van der Waals surface area contributed by atoms with Crippen LogP contribution in [-0.2, 0) is 0 Å². The molecule has 18 heavy (non-hydrogen) atoms. The van der Waals surface area contributed by atoms with Gasteiger partial charge in [0.1, 0.15) is 11.8 Å². The average molecular weight is 271 g/mol. The van der Waals surface area contributed by atoms with Gasteiger partial charge in [-0.25, -0.2) is 4.98 Å². The molecule has 0 radical (unpaired) electrons. The Morgan fingerprint density at radius 1 is 1.17 bits per heavy atom. The molecule has 0 saturated heterocycles. The lowest BCUT2D eigenvalue weighted by Gasteiger charge is -2.22. The number of nitrogens with zero attached hydrogens (tertiary/aromatic N) is 3. The predicted molar refractivity (Wildman–Crippen MR) is 43.3 cm³/mol. The highest BCUT2D eigenvalue weighted by molar-refractivity contribution is 5.19. The summed E-state index contributed by atoms with van der Waals surface area (Å²) in [6.07, 6.45) is -14.6. The second-order valence-corrected chi connectivity index (χ2v) is 2.92. The summed E-state index contributed by atoms with van der Waals surface area (Å²) in [6, 6.07) is 1.25. The fourth-order valence-electron chi connectivity index (χ4n) is 0.884. The molecule has 1 rings (SSSR count). The van der Waals surface area contributed by atoms with Crippen molar-refractivity contribution in [1.29, 1.82) is 5.26 Å². The third-order valence-corrected chi connectivity index (χ3v) is 1.57. The Labute approximate surface area is 95.8 Å². The fourth-order valence-corrected chi connectivity index (χ4v) is 0.884. The van der Waals surface area contributed by atoms with Gasteiger partial charge in [-0.15, -0.1) is 0 Å². The molecule has 0 aliphatic carbocycles. The highest BCUT2D eigenvalue weighted by atomic mass is 19.4. The predicted octanol–water partition coefficient (Wildman–Crippen LogP) is 2.22. The van der Waals surface area contributed by atoms with Crippen molar-refractivity contribution < 1.29 is 31.1 Å². The Kier molecular flexibility index (Phi) is 3.64. The van der Waals surface area contributed by atoms with Crippen molar-refractivity contribution in [2.24, 2.45) is 0 Å². The van der Waals surface area contributed by atoms with E-state index in [4.69, 9.17) is 5.26 Å². The molecule has 1 aromatic rings. The zero-order valence-corrected chi connectivity index (χ0v) is 8.25. The molecule has 1 aromatic heterocycles. The first-order chi connectivity index (χ1) is 8.14. The summed E-state index contributed by atoms with van der Waals surface area (Å²) >= 11 is 0. The topological polar surface area (TPSA) is 58.8 Å². The Morgan fingerprint density at radius 2 is 1.72 bits per heavy atom. The number of hydrogen-bond acceptors (Lipinski definition) is 4. The SMILES string of the molecule is N#Cc1ccnc(OC(C(F)(F)F)C(F)(F)F)n1. The van der Waals surface area contributed by atoms with Gasteiger partial charge in [-0.2, -0.15) is 36.6 Å². The van der Waals surface area contributed by atoms with E-state index >= 15 is 0 Å². The van der Waals surface area contributed by atoms with Gasteiger partial charge in [0.05, 0.1) is 0 Å². The molecule has 0 bridgehead atoms. The smallest absolute Gasteiger partial charge is 0.434 e. The van der Waals surface area contributed by atoms with Crippen LogP contribution in [0.25, 0.3) is 0 Å². The van der Waals surface area contributed by atoms with E-state index in [9.17, 15) is 26.3 Å². The number of halogens is 6. The summed E-state index contributed by atoms with van der Waals surface area (Å²) in [6.45, 7) is 0. The van der Waals surface area contributed by atoms with Crippen LogP contribution in [0.4, 0.5) is 26.3 Å². The van der Waals surface area contributed by atoms with Crippen LogP contribution in [-0.4, -0.2) is 28.4 Å². The first-order valence-electron chi connectivity index (χ1n) is 4.18. The molecule has 0 aromatic carbocycles. The summed E-state index contributed by atoms with van der Waals surface area (Å²) in [5, 5.41) is 8.38. The maximum absolute atomic E-state index is 12.1. The summed E-state index contributed by atoms with van der Waals surface area (Å²) in [5.74, 6) is 0. The number of ether oxygens (including phenoxy) is 1. The molecule has 0 saturated carbocycles. The van der Waals surface area contributed by atoms with Crippen LogP contribution in [0.2, 0.25) is 0 Å². The van der Waals surface area contributed by atoms with Crippen LogP contribution in [0.1, 0.15) is 5.69 Å². The maximum atomic E-state index is 12.1. The largest absolute Gasteiger partial charge is 0.440 e. The zero-order valence-electron chi connectivity index (χ0n) is 8.25. The van der Waals surface area contributed by atoms with E-state index in [-0.39, 0.29) is 0 Å². The summed E-state index contributed by atoms with van der Waals surface area (Å²) in [5.41, 5.74) is -0.414. The monoisotopic (exact) mass is 271 g/mol. The molecule has 0 aliphatic rings. The molecule has 10 heteroatoms. The Bertz CT molecular complexity index is 449. The van der Waals surface area contributed by atoms with E-state index in [2.05, 4.69) is 14.7 Å². The van der Waals surface area contributed by atoms with Crippen molar-refractivity contribution in [3.63, 3.8) is 0 Å². The van der Waals surface area contributed by atoms with Crippen molar-refractivity contribution in [3.05, 3.63) is 18.0 Å². The molecule has 0 amide bonds. The fraction of sp³-hybridized carbons (Fsp3) is 0.375. The molecular weight excluding hydrogens is 268 g/mol. The minimum atomic E-state index is -5.66. The van der Waals surface area contributed by atoms with Crippen LogP contribution < -0.4 is 4.74 Å². The third kappa shape index (κ3) is 3.47. The van der Waals surface area contributed by atoms with Crippen LogP contribution in [0.15, 0.2) is 12.3 Å². The second kappa shape index (κ2) is 4.67. The molecule has 98 valence electrons. The lowest BCUT2D eigenvalue weighted by Crippen LogP contribution is -2.46. The first kappa shape index (κ1) is 14.0. The van der Waals surface area contributed by atoms with E-state index in [1.54, 1.807) is 0 Å². The van der Waals surface area contributed by atoms with Crippen molar-refractivity contribution in [2.75, 3.05) is 0 Å². The number of rotatable bonds is 2. The van der Waals surface area contributed by atoms with Gasteiger partial charge < -0.3 is 4.74 Å². The maximum Gasteiger partial charge on any atom is 0.434 e. The van der Waals surface area contributed by atoms with Crippen molar-refractivity contribution in [1.82, 2.24) is 9.97 Å².